The molecule has 4 nitrogen and oxygen atoms in total. The maximum atomic E-state index is 12.1. The third-order valence-electron chi connectivity index (χ3n) is 3.01. The molecule has 1 N–H and O–H groups in total. The number of hydrogen-bond donors (Lipinski definition) is 1. The molecule has 0 radical (unpaired) electrons. The standard InChI is InChI=1S/C14H18N2O2/c1-9-4-5-10(2)13(6-9)14(17)15-8-12-7-11(3)16-18-12/h4-6,12H,7-8H2,1-3H3,(H,15,17). The van der Waals surface area contributed by atoms with Crippen LogP contribution in [0.4, 0.5) is 0 Å². The quantitative estimate of drug-likeness (QED) is 0.888. The molecule has 0 saturated heterocycles. The van der Waals surface area contributed by atoms with E-state index in [0.717, 1.165) is 28.8 Å². The Morgan fingerprint density at radius 2 is 2.22 bits per heavy atom. The Balaban J connectivity index is 1.94. The van der Waals surface area contributed by atoms with Crippen LogP contribution in [0.2, 0.25) is 0 Å². The molecule has 4 heteroatoms. The molecule has 0 aromatic heterocycles. The van der Waals surface area contributed by atoms with Gasteiger partial charge in [-0.05, 0) is 32.4 Å². The summed E-state index contributed by atoms with van der Waals surface area (Å²) in [6, 6.07) is 5.87. The van der Waals surface area contributed by atoms with Gasteiger partial charge in [0, 0.05) is 12.0 Å². The normalized spacial score (nSPS) is 18.2. The summed E-state index contributed by atoms with van der Waals surface area (Å²) in [7, 11) is 0. The van der Waals surface area contributed by atoms with Crippen LogP contribution < -0.4 is 5.32 Å². The number of carbonyl (C=O) groups is 1. The van der Waals surface area contributed by atoms with Gasteiger partial charge in [0.2, 0.25) is 0 Å². The van der Waals surface area contributed by atoms with Gasteiger partial charge in [-0.25, -0.2) is 0 Å². The molecule has 1 atom stereocenters. The molecule has 1 amide bonds. The summed E-state index contributed by atoms with van der Waals surface area (Å²) >= 11 is 0. The highest BCUT2D eigenvalue weighted by Crippen LogP contribution is 2.12. The largest absolute Gasteiger partial charge is 0.390 e. The monoisotopic (exact) mass is 246 g/mol. The van der Waals surface area contributed by atoms with Gasteiger partial charge in [0.15, 0.2) is 0 Å². The van der Waals surface area contributed by atoms with Crippen molar-refractivity contribution in [3.63, 3.8) is 0 Å². The van der Waals surface area contributed by atoms with E-state index in [1.165, 1.54) is 0 Å². The van der Waals surface area contributed by atoms with E-state index in [2.05, 4.69) is 10.5 Å². The molecule has 2 rings (SSSR count). The summed E-state index contributed by atoms with van der Waals surface area (Å²) in [6.45, 7) is 6.33. The van der Waals surface area contributed by atoms with Gasteiger partial charge in [-0.15, -0.1) is 0 Å². The predicted molar refractivity (Wildman–Crippen MR) is 70.8 cm³/mol. The number of oxime groups is 1. The lowest BCUT2D eigenvalue weighted by Gasteiger charge is -2.11. The first-order chi connectivity index (χ1) is 8.56. The number of benzene rings is 1. The first-order valence-electron chi connectivity index (χ1n) is 6.11. The van der Waals surface area contributed by atoms with Crippen molar-refractivity contribution in [3.05, 3.63) is 34.9 Å². The van der Waals surface area contributed by atoms with Crippen molar-refractivity contribution in [2.75, 3.05) is 6.54 Å². The van der Waals surface area contributed by atoms with Crippen molar-refractivity contribution in [3.8, 4) is 0 Å². The number of nitrogens with zero attached hydrogens (tertiary/aromatic N) is 1. The molecule has 18 heavy (non-hydrogen) atoms. The van der Waals surface area contributed by atoms with E-state index >= 15 is 0 Å². The average Bonchev–Trinajstić information content (AvgIpc) is 2.75. The van der Waals surface area contributed by atoms with Crippen LogP contribution in [0.5, 0.6) is 0 Å². The van der Waals surface area contributed by atoms with Gasteiger partial charge in [-0.3, -0.25) is 4.79 Å². The van der Waals surface area contributed by atoms with Crippen LogP contribution in [0, 0.1) is 13.8 Å². The van der Waals surface area contributed by atoms with Gasteiger partial charge in [0.1, 0.15) is 6.10 Å². The molecular formula is C14H18N2O2. The van der Waals surface area contributed by atoms with Gasteiger partial charge >= 0.3 is 0 Å². The van der Waals surface area contributed by atoms with E-state index in [-0.39, 0.29) is 12.0 Å². The Labute approximate surface area is 107 Å². The Morgan fingerprint density at radius 1 is 1.44 bits per heavy atom. The van der Waals surface area contributed by atoms with Crippen molar-refractivity contribution in [2.24, 2.45) is 5.16 Å². The number of carbonyl (C=O) groups excluding carboxylic acids is 1. The topological polar surface area (TPSA) is 50.7 Å². The number of rotatable bonds is 3. The van der Waals surface area contributed by atoms with E-state index in [9.17, 15) is 4.79 Å². The van der Waals surface area contributed by atoms with Crippen molar-refractivity contribution >= 4 is 11.6 Å². The molecular weight excluding hydrogens is 228 g/mol. The fourth-order valence-electron chi connectivity index (χ4n) is 1.96. The summed E-state index contributed by atoms with van der Waals surface area (Å²) in [5, 5.41) is 6.76. The molecule has 0 bridgehead atoms. The van der Waals surface area contributed by atoms with E-state index in [1.54, 1.807) is 0 Å². The van der Waals surface area contributed by atoms with Gasteiger partial charge in [-0.2, -0.15) is 0 Å². The van der Waals surface area contributed by atoms with Gasteiger partial charge in [-0.1, -0.05) is 22.9 Å². The average molecular weight is 246 g/mol. The van der Waals surface area contributed by atoms with Crippen molar-refractivity contribution in [1.82, 2.24) is 5.32 Å². The second-order valence-electron chi connectivity index (χ2n) is 4.79. The van der Waals surface area contributed by atoms with Gasteiger partial charge in [0.05, 0.1) is 12.3 Å². The smallest absolute Gasteiger partial charge is 0.251 e. The highest BCUT2D eigenvalue weighted by molar-refractivity contribution is 5.95. The van der Waals surface area contributed by atoms with Crippen LogP contribution in [0.15, 0.2) is 23.4 Å². The molecule has 0 fully saturated rings. The predicted octanol–water partition coefficient (Wildman–Crippen LogP) is 2.20. The fraction of sp³-hybridized carbons (Fsp3) is 0.429. The van der Waals surface area contributed by atoms with Crippen LogP contribution in [0.25, 0.3) is 0 Å². The SMILES string of the molecule is CC1=NOC(CNC(=O)c2cc(C)ccc2C)C1. The molecule has 1 heterocycles. The Bertz CT molecular complexity index is 495. The summed E-state index contributed by atoms with van der Waals surface area (Å²) in [5.41, 5.74) is 3.77. The summed E-state index contributed by atoms with van der Waals surface area (Å²) in [6.07, 6.45) is 0.756. The van der Waals surface area contributed by atoms with Crippen LogP contribution in [0.3, 0.4) is 0 Å². The molecule has 1 unspecified atom stereocenters. The number of amides is 1. The molecule has 1 aliphatic heterocycles. The zero-order valence-electron chi connectivity index (χ0n) is 11.0. The second-order valence-corrected chi connectivity index (χ2v) is 4.79. The summed E-state index contributed by atoms with van der Waals surface area (Å²) in [5.74, 6) is -0.0515. The Kier molecular flexibility index (Phi) is 3.65. The van der Waals surface area contributed by atoms with Crippen LogP contribution in [0.1, 0.15) is 34.8 Å². The summed E-state index contributed by atoms with van der Waals surface area (Å²) in [4.78, 5) is 17.2. The molecule has 0 spiro atoms. The molecule has 0 saturated carbocycles. The van der Waals surface area contributed by atoms with Gasteiger partial charge < -0.3 is 10.2 Å². The van der Waals surface area contributed by atoms with Crippen LogP contribution in [-0.4, -0.2) is 24.3 Å². The highest BCUT2D eigenvalue weighted by Gasteiger charge is 2.19. The Hall–Kier alpha value is -1.84. The van der Waals surface area contributed by atoms with E-state index < -0.39 is 0 Å². The first-order valence-corrected chi connectivity index (χ1v) is 6.11. The minimum atomic E-state index is -0.0515. The molecule has 1 aliphatic rings. The third-order valence-corrected chi connectivity index (χ3v) is 3.01. The summed E-state index contributed by atoms with van der Waals surface area (Å²) < 4.78 is 0. The number of nitrogens with one attached hydrogen (secondary N) is 1. The zero-order chi connectivity index (χ0) is 13.1. The number of aryl methyl sites for hydroxylation is 2. The van der Waals surface area contributed by atoms with Crippen LogP contribution >= 0.6 is 0 Å². The third kappa shape index (κ3) is 2.88. The molecule has 1 aromatic rings. The van der Waals surface area contributed by atoms with Crippen molar-refractivity contribution in [1.29, 1.82) is 0 Å². The van der Waals surface area contributed by atoms with E-state index in [1.807, 2.05) is 39.0 Å². The lowest BCUT2D eigenvalue weighted by atomic mass is 10.0. The minimum absolute atomic E-state index is 0.0286. The number of hydrogen-bond acceptors (Lipinski definition) is 3. The minimum Gasteiger partial charge on any atom is -0.390 e. The maximum Gasteiger partial charge on any atom is 0.251 e. The van der Waals surface area contributed by atoms with Crippen molar-refractivity contribution < 1.29 is 9.63 Å². The maximum absolute atomic E-state index is 12.1. The Morgan fingerprint density at radius 3 is 2.89 bits per heavy atom. The fourth-order valence-corrected chi connectivity index (χ4v) is 1.96. The van der Waals surface area contributed by atoms with E-state index in [0.29, 0.717) is 6.54 Å². The highest BCUT2D eigenvalue weighted by atomic mass is 16.6. The van der Waals surface area contributed by atoms with Gasteiger partial charge in [0.25, 0.3) is 5.91 Å². The second kappa shape index (κ2) is 5.21. The molecule has 0 aliphatic carbocycles. The lowest BCUT2D eigenvalue weighted by Crippen LogP contribution is -2.32. The molecule has 96 valence electrons. The molecule has 1 aromatic carbocycles. The van der Waals surface area contributed by atoms with Crippen molar-refractivity contribution in [2.45, 2.75) is 33.3 Å². The van der Waals surface area contributed by atoms with Crippen LogP contribution in [-0.2, 0) is 4.84 Å². The zero-order valence-corrected chi connectivity index (χ0v) is 11.0. The lowest BCUT2D eigenvalue weighted by molar-refractivity contribution is 0.0753. The van der Waals surface area contributed by atoms with E-state index in [4.69, 9.17) is 4.84 Å². The first kappa shape index (κ1) is 12.6.